The van der Waals surface area contributed by atoms with E-state index in [4.69, 9.17) is 26.7 Å². The molecule has 2 aromatic carbocycles. The number of imidazole rings is 1. The van der Waals surface area contributed by atoms with E-state index >= 15 is 0 Å². The number of carbonyl (C=O) groups excluding carboxylic acids is 2. The third-order valence-corrected chi connectivity index (χ3v) is 7.81. The summed E-state index contributed by atoms with van der Waals surface area (Å²) >= 11 is 5.68. The Morgan fingerprint density at radius 1 is 0.930 bits per heavy atom. The van der Waals surface area contributed by atoms with Crippen LogP contribution in [0.25, 0.3) is 11.2 Å². The summed E-state index contributed by atoms with van der Waals surface area (Å²) in [6.07, 6.45) is 0. The van der Waals surface area contributed by atoms with Crippen LogP contribution in [0.3, 0.4) is 0 Å². The van der Waals surface area contributed by atoms with E-state index in [1.165, 1.54) is 44.0 Å². The molecule has 2 aromatic heterocycles. The molecule has 1 N–H and O–H groups in total. The molecule has 14 heteroatoms. The van der Waals surface area contributed by atoms with E-state index in [2.05, 4.69) is 10.2 Å². The lowest BCUT2D eigenvalue weighted by molar-refractivity contribution is 0.0587. The first-order valence-electron chi connectivity index (χ1n) is 13.5. The molecule has 1 aliphatic rings. The Morgan fingerprint density at radius 3 is 2.26 bits per heavy atom. The molecule has 5 rings (SSSR count). The van der Waals surface area contributed by atoms with Crippen LogP contribution in [0.5, 0.6) is 0 Å². The van der Waals surface area contributed by atoms with Crippen molar-refractivity contribution in [1.29, 1.82) is 0 Å². The van der Waals surface area contributed by atoms with Crippen molar-refractivity contribution in [3.8, 4) is 0 Å². The maximum absolute atomic E-state index is 13.3. The van der Waals surface area contributed by atoms with Gasteiger partial charge in [0.05, 0.1) is 37.6 Å². The van der Waals surface area contributed by atoms with Gasteiger partial charge in [-0.3, -0.25) is 18.5 Å². The van der Waals surface area contributed by atoms with E-state index in [1.54, 1.807) is 7.05 Å². The van der Waals surface area contributed by atoms with E-state index in [1.807, 2.05) is 39.8 Å². The molecule has 1 aliphatic heterocycles. The van der Waals surface area contributed by atoms with Crippen molar-refractivity contribution in [2.24, 2.45) is 14.1 Å². The van der Waals surface area contributed by atoms with E-state index in [0.29, 0.717) is 60.6 Å². The van der Waals surface area contributed by atoms with Gasteiger partial charge in [0.25, 0.3) is 5.56 Å². The van der Waals surface area contributed by atoms with Gasteiger partial charge in [-0.1, -0.05) is 30.3 Å². The number of anilines is 2. The number of piperazine rings is 1. The zero-order valence-electron chi connectivity index (χ0n) is 24.2. The number of thiocarbonyl (C=S) groups is 1. The molecule has 0 unspecified atom stereocenters. The van der Waals surface area contributed by atoms with Crippen molar-refractivity contribution in [1.82, 2.24) is 23.6 Å². The highest BCUT2D eigenvalue weighted by atomic mass is 32.1. The van der Waals surface area contributed by atoms with Crippen molar-refractivity contribution < 1.29 is 19.1 Å². The lowest BCUT2D eigenvalue weighted by atomic mass is 10.1. The number of carbonyl (C=O) groups is 2. The van der Waals surface area contributed by atoms with Crippen LogP contribution in [0.4, 0.5) is 11.6 Å². The second-order valence-corrected chi connectivity index (χ2v) is 10.4. The summed E-state index contributed by atoms with van der Waals surface area (Å²) < 4.78 is 14.0. The Labute approximate surface area is 251 Å². The quantitative estimate of drug-likeness (QED) is 0.254. The molecule has 4 aromatic rings. The number of methoxy groups -OCH3 is 2. The summed E-state index contributed by atoms with van der Waals surface area (Å²) in [6, 6.07) is 14.2. The first-order valence-corrected chi connectivity index (χ1v) is 13.9. The average Bonchev–Trinajstić information content (AvgIpc) is 3.41. The van der Waals surface area contributed by atoms with Gasteiger partial charge in [0.1, 0.15) is 0 Å². The number of ether oxygens (including phenoxy) is 2. The van der Waals surface area contributed by atoms with Gasteiger partial charge in [0, 0.05) is 40.3 Å². The Balaban J connectivity index is 1.41. The fourth-order valence-corrected chi connectivity index (χ4v) is 5.37. The topological polar surface area (TPSA) is 133 Å². The predicted molar refractivity (Wildman–Crippen MR) is 165 cm³/mol. The number of nitrogens with one attached hydrogen (secondary N) is 1. The number of esters is 2. The number of aromatic nitrogens is 4. The molecular formula is C29H31N7O6S. The molecule has 0 bridgehead atoms. The van der Waals surface area contributed by atoms with Gasteiger partial charge < -0.3 is 24.6 Å². The van der Waals surface area contributed by atoms with Gasteiger partial charge in [-0.05, 0) is 36.0 Å². The fraction of sp³-hybridized carbons (Fsp3) is 0.310. The molecule has 0 atom stereocenters. The van der Waals surface area contributed by atoms with Gasteiger partial charge in [0.15, 0.2) is 16.3 Å². The zero-order chi connectivity index (χ0) is 30.8. The third kappa shape index (κ3) is 5.60. The number of hydrogen-bond donors (Lipinski definition) is 1. The lowest BCUT2D eigenvalue weighted by Gasteiger charge is -2.37. The van der Waals surface area contributed by atoms with Crippen LogP contribution in [0.2, 0.25) is 0 Å². The summed E-state index contributed by atoms with van der Waals surface area (Å²) in [7, 11) is 5.62. The van der Waals surface area contributed by atoms with E-state index in [9.17, 15) is 19.2 Å². The van der Waals surface area contributed by atoms with E-state index in [0.717, 1.165) is 10.1 Å². The number of fused-ring (bicyclic) bond motifs is 1. The summed E-state index contributed by atoms with van der Waals surface area (Å²) in [5.41, 5.74) is 1.59. The molecule has 0 saturated carbocycles. The smallest absolute Gasteiger partial charge is 0.339 e. The summed E-state index contributed by atoms with van der Waals surface area (Å²) in [5, 5.41) is 3.45. The highest BCUT2D eigenvalue weighted by molar-refractivity contribution is 7.80. The molecule has 1 saturated heterocycles. The Hall–Kier alpha value is -4.98. The van der Waals surface area contributed by atoms with Crippen LogP contribution < -0.4 is 21.5 Å². The van der Waals surface area contributed by atoms with Crippen molar-refractivity contribution in [2.45, 2.75) is 6.54 Å². The number of rotatable bonds is 6. The van der Waals surface area contributed by atoms with Crippen LogP contribution in [0.1, 0.15) is 26.3 Å². The van der Waals surface area contributed by atoms with Gasteiger partial charge in [-0.15, -0.1) is 0 Å². The molecule has 3 heterocycles. The minimum absolute atomic E-state index is 0.220. The first-order chi connectivity index (χ1) is 20.6. The largest absolute Gasteiger partial charge is 0.465 e. The molecule has 0 amide bonds. The number of benzene rings is 2. The summed E-state index contributed by atoms with van der Waals surface area (Å²) in [5.74, 6) is -0.552. The molecule has 0 spiro atoms. The number of hydrogen-bond acceptors (Lipinski definition) is 9. The van der Waals surface area contributed by atoms with Crippen LogP contribution in [-0.4, -0.2) is 81.0 Å². The number of nitrogens with zero attached hydrogens (tertiary/aromatic N) is 6. The molecule has 1 fully saturated rings. The van der Waals surface area contributed by atoms with Crippen molar-refractivity contribution in [2.75, 3.05) is 50.6 Å². The molecule has 224 valence electrons. The second kappa shape index (κ2) is 12.1. The Kier molecular flexibility index (Phi) is 8.30. The van der Waals surface area contributed by atoms with Gasteiger partial charge in [-0.2, -0.15) is 4.98 Å². The molecule has 0 aliphatic carbocycles. The third-order valence-electron chi connectivity index (χ3n) is 7.45. The van der Waals surface area contributed by atoms with Crippen LogP contribution >= 0.6 is 12.2 Å². The Bertz CT molecular complexity index is 1840. The van der Waals surface area contributed by atoms with E-state index in [-0.39, 0.29) is 11.1 Å². The SMILES string of the molecule is COC(=O)c1ccc(C(=O)OC)c(NC(=S)N2CCN(c3nc4c(c(=O)n(C)c(=O)n4C)n3Cc3ccccc3)CC2)c1. The number of aryl methyl sites for hydroxylation is 1. The Morgan fingerprint density at radius 2 is 1.60 bits per heavy atom. The minimum atomic E-state index is -0.579. The molecule has 13 nitrogen and oxygen atoms in total. The second-order valence-electron chi connectivity index (χ2n) is 10.0. The highest BCUT2D eigenvalue weighted by Crippen LogP contribution is 2.24. The van der Waals surface area contributed by atoms with Gasteiger partial charge in [0.2, 0.25) is 5.95 Å². The maximum atomic E-state index is 13.3. The van der Waals surface area contributed by atoms with E-state index < -0.39 is 23.2 Å². The summed E-state index contributed by atoms with van der Waals surface area (Å²) in [4.78, 5) is 59.2. The zero-order valence-corrected chi connectivity index (χ0v) is 25.0. The lowest BCUT2D eigenvalue weighted by Crippen LogP contribution is -2.50. The maximum Gasteiger partial charge on any atom is 0.339 e. The highest BCUT2D eigenvalue weighted by Gasteiger charge is 2.27. The van der Waals surface area contributed by atoms with Crippen LogP contribution in [-0.2, 0) is 30.1 Å². The fourth-order valence-electron chi connectivity index (χ4n) is 5.08. The van der Waals surface area contributed by atoms with Crippen LogP contribution in [0, 0.1) is 0 Å². The van der Waals surface area contributed by atoms with Crippen molar-refractivity contribution >= 4 is 52.1 Å². The standard InChI is InChI=1S/C29H31N7O6S/c1-32-23-22(24(37)33(2)29(32)40)36(17-18-8-6-5-7-9-18)27(31-23)34-12-14-35(15-13-34)28(43)30-21-16-19(25(38)41-3)10-11-20(21)26(39)42-4/h5-11,16H,12-15,17H2,1-4H3,(H,30,43). The average molecular weight is 606 g/mol. The minimum Gasteiger partial charge on any atom is -0.465 e. The van der Waals surface area contributed by atoms with Gasteiger partial charge in [-0.25, -0.2) is 14.4 Å². The summed E-state index contributed by atoms with van der Waals surface area (Å²) in [6.45, 7) is 2.43. The molecule has 43 heavy (non-hydrogen) atoms. The first kappa shape index (κ1) is 29.5. The van der Waals surface area contributed by atoms with Crippen molar-refractivity contribution in [3.63, 3.8) is 0 Å². The van der Waals surface area contributed by atoms with Crippen molar-refractivity contribution in [3.05, 3.63) is 86.1 Å². The van der Waals surface area contributed by atoms with Gasteiger partial charge >= 0.3 is 17.6 Å². The monoisotopic (exact) mass is 605 g/mol. The van der Waals surface area contributed by atoms with Crippen LogP contribution in [0.15, 0.2) is 58.1 Å². The molecule has 0 radical (unpaired) electrons. The predicted octanol–water partition coefficient (Wildman–Crippen LogP) is 1.57. The normalized spacial score (nSPS) is 13.2. The molecular weight excluding hydrogens is 574 g/mol.